The molecule has 1 aliphatic rings. The van der Waals surface area contributed by atoms with Crippen LogP contribution in [0, 0.1) is 11.8 Å². The third kappa shape index (κ3) is 3.81. The molecule has 2 aromatic rings. The molecule has 2 aromatic carbocycles. The van der Waals surface area contributed by atoms with Gasteiger partial charge in [-0.1, -0.05) is 18.2 Å². The molecule has 0 heterocycles. The smallest absolute Gasteiger partial charge is 0.255 e. The lowest BCUT2D eigenvalue weighted by Gasteiger charge is -2.10. The van der Waals surface area contributed by atoms with Crippen molar-refractivity contribution >= 4 is 17.3 Å². The number of hydrogen-bond acceptors (Lipinski definition) is 4. The molecule has 0 aliphatic heterocycles. The van der Waals surface area contributed by atoms with Gasteiger partial charge in [0.05, 0.1) is 12.7 Å². The van der Waals surface area contributed by atoms with Crippen molar-refractivity contribution in [3.8, 4) is 0 Å². The van der Waals surface area contributed by atoms with E-state index in [4.69, 9.17) is 4.74 Å². The molecule has 0 unspecified atom stereocenters. The summed E-state index contributed by atoms with van der Waals surface area (Å²) in [7, 11) is 0. The van der Waals surface area contributed by atoms with E-state index in [0.29, 0.717) is 35.2 Å². The van der Waals surface area contributed by atoms with E-state index in [2.05, 4.69) is 10.5 Å². The van der Waals surface area contributed by atoms with Crippen LogP contribution in [0.15, 0.2) is 47.6 Å². The fourth-order valence-corrected chi connectivity index (χ4v) is 2.25. The highest BCUT2D eigenvalue weighted by Gasteiger charge is 2.21. The van der Waals surface area contributed by atoms with Gasteiger partial charge >= 0.3 is 0 Å². The van der Waals surface area contributed by atoms with E-state index < -0.39 is 0 Å². The van der Waals surface area contributed by atoms with Gasteiger partial charge in [-0.25, -0.2) is 0 Å². The number of rotatable bonds is 6. The van der Waals surface area contributed by atoms with E-state index >= 15 is 0 Å². The van der Waals surface area contributed by atoms with E-state index in [9.17, 15) is 9.70 Å². The minimum Gasteiger partial charge on any atom is -0.374 e. The van der Waals surface area contributed by atoms with Crippen molar-refractivity contribution < 1.29 is 9.53 Å². The summed E-state index contributed by atoms with van der Waals surface area (Å²) >= 11 is 0. The summed E-state index contributed by atoms with van der Waals surface area (Å²) in [6.07, 6.45) is 2.71. The monoisotopic (exact) mass is 310 g/mol. The fraction of sp³-hybridized carbons (Fsp3) is 0.278. The number of nitrogens with one attached hydrogen (secondary N) is 1. The van der Waals surface area contributed by atoms with Crippen LogP contribution in [0.3, 0.4) is 0 Å². The van der Waals surface area contributed by atoms with Crippen molar-refractivity contribution in [2.45, 2.75) is 32.5 Å². The predicted molar refractivity (Wildman–Crippen MR) is 88.8 cm³/mol. The maximum Gasteiger partial charge on any atom is 0.255 e. The van der Waals surface area contributed by atoms with E-state index in [1.165, 1.54) is 0 Å². The zero-order chi connectivity index (χ0) is 16.2. The van der Waals surface area contributed by atoms with Crippen LogP contribution in [0.2, 0.25) is 0 Å². The molecule has 0 atom stereocenters. The molecule has 5 heteroatoms. The average molecular weight is 310 g/mol. The van der Waals surface area contributed by atoms with Gasteiger partial charge in [0.2, 0.25) is 0 Å². The molecule has 0 saturated heterocycles. The SMILES string of the molecule is Cc1c(N=O)cccc1NC(=O)c1ccc(COC2CC2)cc1. The molecule has 0 spiro atoms. The lowest BCUT2D eigenvalue weighted by molar-refractivity contribution is 0.102. The largest absolute Gasteiger partial charge is 0.374 e. The normalized spacial score (nSPS) is 13.6. The van der Waals surface area contributed by atoms with Gasteiger partial charge in [0, 0.05) is 16.8 Å². The second kappa shape index (κ2) is 6.71. The number of benzene rings is 2. The molecule has 0 aromatic heterocycles. The number of ether oxygens (including phenoxy) is 1. The van der Waals surface area contributed by atoms with Crippen molar-refractivity contribution in [1.82, 2.24) is 0 Å². The molecule has 1 amide bonds. The van der Waals surface area contributed by atoms with Crippen LogP contribution < -0.4 is 5.32 Å². The molecule has 118 valence electrons. The standard InChI is InChI=1S/C18H18N2O3/c1-12-16(3-2-4-17(12)20-22)19-18(21)14-7-5-13(6-8-14)11-23-15-9-10-15/h2-8,15H,9-11H2,1H3,(H,19,21). The zero-order valence-corrected chi connectivity index (χ0v) is 12.9. The Morgan fingerprint density at radius 3 is 2.61 bits per heavy atom. The summed E-state index contributed by atoms with van der Waals surface area (Å²) in [5.74, 6) is -0.217. The number of amides is 1. The van der Waals surface area contributed by atoms with Crippen LogP contribution in [0.4, 0.5) is 11.4 Å². The molecular weight excluding hydrogens is 292 g/mol. The topological polar surface area (TPSA) is 67.8 Å². The molecule has 1 saturated carbocycles. The lowest BCUT2D eigenvalue weighted by atomic mass is 10.1. The highest BCUT2D eigenvalue weighted by molar-refractivity contribution is 6.04. The van der Waals surface area contributed by atoms with Crippen LogP contribution in [-0.2, 0) is 11.3 Å². The van der Waals surface area contributed by atoms with Crippen LogP contribution >= 0.6 is 0 Å². The summed E-state index contributed by atoms with van der Waals surface area (Å²) in [6, 6.07) is 12.4. The Bertz CT molecular complexity index is 722. The first-order valence-corrected chi connectivity index (χ1v) is 7.62. The van der Waals surface area contributed by atoms with Crippen LogP contribution in [0.25, 0.3) is 0 Å². The molecule has 1 N–H and O–H groups in total. The molecule has 3 rings (SSSR count). The molecule has 0 bridgehead atoms. The first-order valence-electron chi connectivity index (χ1n) is 7.62. The molecule has 1 fully saturated rings. The minimum atomic E-state index is -0.217. The van der Waals surface area contributed by atoms with E-state index in [1.54, 1.807) is 37.3 Å². The summed E-state index contributed by atoms with van der Waals surface area (Å²) < 4.78 is 5.64. The van der Waals surface area contributed by atoms with Crippen molar-refractivity contribution in [2.75, 3.05) is 5.32 Å². The maximum atomic E-state index is 12.3. The third-order valence-corrected chi connectivity index (χ3v) is 3.88. The van der Waals surface area contributed by atoms with Crippen molar-refractivity contribution in [3.05, 3.63) is 64.1 Å². The first-order chi connectivity index (χ1) is 11.2. The molecule has 1 aliphatic carbocycles. The lowest BCUT2D eigenvalue weighted by Crippen LogP contribution is -2.12. The number of nitroso groups, excluding NO2 is 1. The predicted octanol–water partition coefficient (Wildman–Crippen LogP) is 4.32. The number of carbonyl (C=O) groups is 1. The Morgan fingerprint density at radius 1 is 1.22 bits per heavy atom. The Balaban J connectivity index is 1.66. The van der Waals surface area contributed by atoms with Gasteiger partial charge < -0.3 is 10.1 Å². The number of nitrogens with zero attached hydrogens (tertiary/aromatic N) is 1. The minimum absolute atomic E-state index is 0.217. The fourth-order valence-electron chi connectivity index (χ4n) is 2.25. The Morgan fingerprint density at radius 2 is 1.96 bits per heavy atom. The number of carbonyl (C=O) groups excluding carboxylic acids is 1. The Hall–Kier alpha value is -2.53. The molecule has 23 heavy (non-hydrogen) atoms. The zero-order valence-electron chi connectivity index (χ0n) is 12.9. The summed E-state index contributed by atoms with van der Waals surface area (Å²) in [5, 5.41) is 5.76. The average Bonchev–Trinajstić information content (AvgIpc) is 3.39. The summed E-state index contributed by atoms with van der Waals surface area (Å²) in [5.41, 5.74) is 3.19. The van der Waals surface area contributed by atoms with E-state index in [0.717, 1.165) is 18.4 Å². The Labute approximate surface area is 134 Å². The molecular formula is C18H18N2O3. The number of anilines is 1. The van der Waals surface area contributed by atoms with E-state index in [-0.39, 0.29) is 5.91 Å². The number of hydrogen-bond donors (Lipinski definition) is 1. The van der Waals surface area contributed by atoms with Crippen LogP contribution in [0.5, 0.6) is 0 Å². The summed E-state index contributed by atoms with van der Waals surface area (Å²) in [6.45, 7) is 2.34. The second-order valence-corrected chi connectivity index (χ2v) is 5.70. The third-order valence-electron chi connectivity index (χ3n) is 3.88. The van der Waals surface area contributed by atoms with Gasteiger partial charge in [0.1, 0.15) is 5.69 Å². The van der Waals surface area contributed by atoms with E-state index in [1.807, 2.05) is 12.1 Å². The van der Waals surface area contributed by atoms with Gasteiger partial charge in [-0.3, -0.25) is 4.79 Å². The maximum absolute atomic E-state index is 12.3. The van der Waals surface area contributed by atoms with Gasteiger partial charge in [0.25, 0.3) is 5.91 Å². The van der Waals surface area contributed by atoms with Crippen LogP contribution in [-0.4, -0.2) is 12.0 Å². The van der Waals surface area contributed by atoms with Gasteiger partial charge in [-0.2, -0.15) is 0 Å². The molecule has 5 nitrogen and oxygen atoms in total. The highest BCUT2D eigenvalue weighted by Crippen LogP contribution is 2.26. The quantitative estimate of drug-likeness (QED) is 0.808. The highest BCUT2D eigenvalue weighted by atomic mass is 16.5. The van der Waals surface area contributed by atoms with Crippen LogP contribution in [0.1, 0.15) is 34.3 Å². The Kier molecular flexibility index (Phi) is 4.48. The van der Waals surface area contributed by atoms with Gasteiger partial charge in [-0.15, -0.1) is 4.91 Å². The van der Waals surface area contributed by atoms with Crippen molar-refractivity contribution in [3.63, 3.8) is 0 Å². The molecule has 0 radical (unpaired) electrons. The first kappa shape index (κ1) is 15.4. The van der Waals surface area contributed by atoms with Gasteiger partial charge in [-0.05, 0) is 54.8 Å². The summed E-state index contributed by atoms with van der Waals surface area (Å²) in [4.78, 5) is 23.0. The van der Waals surface area contributed by atoms with Crippen molar-refractivity contribution in [2.24, 2.45) is 5.18 Å². The van der Waals surface area contributed by atoms with Gasteiger partial charge in [0.15, 0.2) is 0 Å². The second-order valence-electron chi connectivity index (χ2n) is 5.70. The van der Waals surface area contributed by atoms with Crippen molar-refractivity contribution in [1.29, 1.82) is 0 Å².